The molecule has 1 saturated heterocycles. The molecule has 0 atom stereocenters. The zero-order valence-electron chi connectivity index (χ0n) is 11.6. The van der Waals surface area contributed by atoms with E-state index < -0.39 is 0 Å². The van der Waals surface area contributed by atoms with Crippen LogP contribution in [-0.4, -0.2) is 18.4 Å². The topological polar surface area (TPSA) is 55.4 Å². The Labute approximate surface area is 118 Å². The first-order valence-electron chi connectivity index (χ1n) is 6.96. The molecule has 0 radical (unpaired) electrons. The molecule has 4 heteroatoms. The third-order valence-electron chi connectivity index (χ3n) is 3.13. The third kappa shape index (κ3) is 3.95. The summed E-state index contributed by atoms with van der Waals surface area (Å²) in [6.45, 7) is 2.89. The number of carbonyl (C=O) groups excluding carboxylic acids is 2. The van der Waals surface area contributed by atoms with E-state index in [-0.39, 0.29) is 18.2 Å². The quantitative estimate of drug-likeness (QED) is 0.492. The van der Waals surface area contributed by atoms with Crippen molar-refractivity contribution in [2.75, 3.05) is 6.61 Å². The molecule has 0 saturated carbocycles. The number of hydrogen-bond donors (Lipinski definition) is 1. The van der Waals surface area contributed by atoms with Crippen LogP contribution < -0.4 is 10.1 Å². The number of unbranched alkanes of at least 4 members (excludes halogenated alkanes) is 2. The summed E-state index contributed by atoms with van der Waals surface area (Å²) < 4.78 is 5.62. The summed E-state index contributed by atoms with van der Waals surface area (Å²) in [6, 6.07) is 7.54. The Bertz CT molecular complexity index is 517. The van der Waals surface area contributed by atoms with E-state index >= 15 is 0 Å². The third-order valence-corrected chi connectivity index (χ3v) is 3.13. The van der Waals surface area contributed by atoms with Gasteiger partial charge in [0.05, 0.1) is 13.0 Å². The predicted octanol–water partition coefficient (Wildman–Crippen LogP) is 2.69. The van der Waals surface area contributed by atoms with E-state index in [0.29, 0.717) is 5.57 Å². The van der Waals surface area contributed by atoms with Crippen molar-refractivity contribution in [2.45, 2.75) is 32.6 Å². The summed E-state index contributed by atoms with van der Waals surface area (Å²) in [4.78, 5) is 22.5. The molecule has 20 heavy (non-hydrogen) atoms. The van der Waals surface area contributed by atoms with Gasteiger partial charge in [0.25, 0.3) is 5.91 Å². The highest BCUT2D eigenvalue weighted by Crippen LogP contribution is 2.18. The molecule has 0 bridgehead atoms. The van der Waals surface area contributed by atoms with Crippen LogP contribution >= 0.6 is 0 Å². The number of hydrogen-bond acceptors (Lipinski definition) is 3. The van der Waals surface area contributed by atoms with E-state index in [4.69, 9.17) is 4.74 Å². The molecule has 1 heterocycles. The van der Waals surface area contributed by atoms with Crippen molar-refractivity contribution in [3.8, 4) is 5.75 Å². The van der Waals surface area contributed by atoms with Crippen LogP contribution in [0.1, 0.15) is 38.2 Å². The van der Waals surface area contributed by atoms with E-state index in [9.17, 15) is 9.59 Å². The number of amides is 2. The smallest absolute Gasteiger partial charge is 0.254 e. The Morgan fingerprint density at radius 3 is 2.55 bits per heavy atom. The van der Waals surface area contributed by atoms with Gasteiger partial charge in [0, 0.05) is 5.57 Å². The van der Waals surface area contributed by atoms with E-state index in [2.05, 4.69) is 12.2 Å². The van der Waals surface area contributed by atoms with E-state index in [1.807, 2.05) is 24.3 Å². The molecular formula is C16H19NO3. The first kappa shape index (κ1) is 14.3. The fourth-order valence-electron chi connectivity index (χ4n) is 2.02. The summed E-state index contributed by atoms with van der Waals surface area (Å²) in [6.07, 6.45) is 5.31. The second-order valence-corrected chi connectivity index (χ2v) is 4.85. The van der Waals surface area contributed by atoms with Gasteiger partial charge in [-0.15, -0.1) is 0 Å². The normalized spacial score (nSPS) is 16.6. The number of nitrogens with one attached hydrogen (secondary N) is 1. The van der Waals surface area contributed by atoms with Crippen LogP contribution in [0, 0.1) is 0 Å². The summed E-state index contributed by atoms with van der Waals surface area (Å²) >= 11 is 0. The molecule has 106 valence electrons. The molecule has 0 spiro atoms. The highest BCUT2D eigenvalue weighted by atomic mass is 16.5. The van der Waals surface area contributed by atoms with Crippen LogP contribution in [-0.2, 0) is 9.59 Å². The highest BCUT2D eigenvalue weighted by molar-refractivity contribution is 6.15. The predicted molar refractivity (Wildman–Crippen MR) is 77.2 cm³/mol. The Morgan fingerprint density at radius 1 is 1.20 bits per heavy atom. The van der Waals surface area contributed by atoms with Gasteiger partial charge in [0.2, 0.25) is 5.91 Å². The molecule has 1 aromatic carbocycles. The van der Waals surface area contributed by atoms with Crippen LogP contribution in [0.25, 0.3) is 6.08 Å². The average molecular weight is 273 g/mol. The summed E-state index contributed by atoms with van der Waals surface area (Å²) in [7, 11) is 0. The average Bonchev–Trinajstić information content (AvgIpc) is 2.75. The SMILES string of the molecule is CCCCCOc1ccc(C=C2CC(=O)NC2=O)cc1. The highest BCUT2D eigenvalue weighted by Gasteiger charge is 2.23. The van der Waals surface area contributed by atoms with Crippen molar-refractivity contribution in [3.05, 3.63) is 35.4 Å². The zero-order chi connectivity index (χ0) is 14.4. The molecule has 1 aromatic rings. The van der Waals surface area contributed by atoms with Gasteiger partial charge in [-0.3, -0.25) is 14.9 Å². The monoisotopic (exact) mass is 273 g/mol. The second-order valence-electron chi connectivity index (χ2n) is 4.85. The van der Waals surface area contributed by atoms with Crippen molar-refractivity contribution in [3.63, 3.8) is 0 Å². The summed E-state index contributed by atoms with van der Waals surface area (Å²) in [5.74, 6) is 0.294. The van der Waals surface area contributed by atoms with Crippen molar-refractivity contribution in [1.82, 2.24) is 5.32 Å². The molecule has 2 amide bonds. The molecule has 1 fully saturated rings. The number of rotatable bonds is 6. The molecule has 0 aliphatic carbocycles. The largest absolute Gasteiger partial charge is 0.494 e. The van der Waals surface area contributed by atoms with Gasteiger partial charge in [-0.05, 0) is 30.2 Å². The lowest BCUT2D eigenvalue weighted by Gasteiger charge is -2.05. The fraction of sp³-hybridized carbons (Fsp3) is 0.375. The van der Waals surface area contributed by atoms with Crippen molar-refractivity contribution >= 4 is 17.9 Å². The van der Waals surface area contributed by atoms with Gasteiger partial charge in [0.15, 0.2) is 0 Å². The Balaban J connectivity index is 1.93. The number of imide groups is 1. The molecule has 0 aromatic heterocycles. The van der Waals surface area contributed by atoms with Crippen molar-refractivity contribution in [2.24, 2.45) is 0 Å². The van der Waals surface area contributed by atoms with E-state index in [1.54, 1.807) is 6.08 Å². The molecular weight excluding hydrogens is 254 g/mol. The molecule has 1 N–H and O–H groups in total. The van der Waals surface area contributed by atoms with Gasteiger partial charge in [-0.2, -0.15) is 0 Å². The first-order valence-corrected chi connectivity index (χ1v) is 6.96. The maximum Gasteiger partial charge on any atom is 0.254 e. The van der Waals surface area contributed by atoms with Crippen LogP contribution in [0.2, 0.25) is 0 Å². The standard InChI is InChI=1S/C16H19NO3/c1-2-3-4-9-20-14-7-5-12(6-8-14)10-13-11-15(18)17-16(13)19/h5-8,10H,2-4,9,11H2,1H3,(H,17,18,19). The van der Waals surface area contributed by atoms with Crippen molar-refractivity contribution < 1.29 is 14.3 Å². The maximum atomic E-state index is 11.4. The van der Waals surface area contributed by atoms with Crippen LogP contribution in [0.15, 0.2) is 29.8 Å². The van der Waals surface area contributed by atoms with Crippen LogP contribution in [0.5, 0.6) is 5.75 Å². The minimum Gasteiger partial charge on any atom is -0.494 e. The molecule has 4 nitrogen and oxygen atoms in total. The minimum absolute atomic E-state index is 0.161. The number of ether oxygens (including phenoxy) is 1. The van der Waals surface area contributed by atoms with E-state index in [1.165, 1.54) is 12.8 Å². The Hall–Kier alpha value is -2.10. The number of benzene rings is 1. The second kappa shape index (κ2) is 6.89. The first-order chi connectivity index (χ1) is 9.69. The molecule has 0 unspecified atom stereocenters. The van der Waals surface area contributed by atoms with Crippen LogP contribution in [0.4, 0.5) is 0 Å². The van der Waals surface area contributed by atoms with Gasteiger partial charge in [-0.25, -0.2) is 0 Å². The molecule has 2 rings (SSSR count). The summed E-state index contributed by atoms with van der Waals surface area (Å²) in [5, 5.41) is 2.27. The molecule has 1 aliphatic rings. The Morgan fingerprint density at radius 2 is 1.95 bits per heavy atom. The van der Waals surface area contributed by atoms with Gasteiger partial charge >= 0.3 is 0 Å². The van der Waals surface area contributed by atoms with Crippen LogP contribution in [0.3, 0.4) is 0 Å². The van der Waals surface area contributed by atoms with Crippen molar-refractivity contribution in [1.29, 1.82) is 0 Å². The number of carbonyl (C=O) groups is 2. The minimum atomic E-state index is -0.296. The summed E-state index contributed by atoms with van der Waals surface area (Å²) in [5.41, 5.74) is 1.40. The Kier molecular flexibility index (Phi) is 4.93. The van der Waals surface area contributed by atoms with E-state index in [0.717, 1.165) is 24.3 Å². The zero-order valence-corrected chi connectivity index (χ0v) is 11.6. The lowest BCUT2D eigenvalue weighted by Crippen LogP contribution is -2.19. The van der Waals surface area contributed by atoms with Gasteiger partial charge in [-0.1, -0.05) is 31.9 Å². The lowest BCUT2D eigenvalue weighted by molar-refractivity contribution is -0.124. The molecule has 1 aliphatic heterocycles. The van der Waals surface area contributed by atoms with Gasteiger partial charge < -0.3 is 4.74 Å². The maximum absolute atomic E-state index is 11.4. The van der Waals surface area contributed by atoms with Gasteiger partial charge in [0.1, 0.15) is 5.75 Å². The fourth-order valence-corrected chi connectivity index (χ4v) is 2.02. The lowest BCUT2D eigenvalue weighted by atomic mass is 10.1.